The second-order valence-corrected chi connectivity index (χ2v) is 5.95. The molecule has 2 heteroatoms. The first-order valence-corrected chi connectivity index (χ1v) is 7.74. The smallest absolute Gasteiger partial charge is 0.246 e. The van der Waals surface area contributed by atoms with E-state index in [1.54, 1.807) is 6.08 Å². The van der Waals surface area contributed by atoms with Crippen LogP contribution in [0.2, 0.25) is 0 Å². The number of likely N-dealkylation sites (N-methyl/N-ethyl adjacent to an activating group) is 1. The first-order valence-electron chi connectivity index (χ1n) is 7.74. The molecule has 1 amide bonds. The van der Waals surface area contributed by atoms with Gasteiger partial charge in [-0.05, 0) is 42.5 Å². The van der Waals surface area contributed by atoms with Crippen LogP contribution in [0.3, 0.4) is 0 Å². The molecule has 0 saturated carbocycles. The fourth-order valence-corrected chi connectivity index (χ4v) is 3.05. The number of hydrogen-bond donors (Lipinski definition) is 0. The molecule has 2 aromatic carbocycles. The Hall–Kier alpha value is -2.35. The molecule has 2 aromatic rings. The molecule has 0 N–H and O–H groups in total. The predicted molar refractivity (Wildman–Crippen MR) is 90.5 cm³/mol. The SMILES string of the molecule is Cc1ccc(/C=C/C(=O)N(C)C2CCc3ccccc32)cc1. The van der Waals surface area contributed by atoms with Gasteiger partial charge in [-0.2, -0.15) is 0 Å². The van der Waals surface area contributed by atoms with E-state index in [4.69, 9.17) is 0 Å². The standard InChI is InChI=1S/C20H21NO/c1-15-7-9-16(10-8-15)11-14-20(22)21(2)19-13-12-17-5-3-4-6-18(17)19/h3-11,14,19H,12-13H2,1-2H3/b14-11+. The monoisotopic (exact) mass is 291 g/mol. The van der Waals surface area contributed by atoms with E-state index in [2.05, 4.69) is 43.3 Å². The molecule has 22 heavy (non-hydrogen) atoms. The average molecular weight is 291 g/mol. The predicted octanol–water partition coefficient (Wildman–Crippen LogP) is 4.15. The van der Waals surface area contributed by atoms with Crippen molar-refractivity contribution in [3.63, 3.8) is 0 Å². The first-order chi connectivity index (χ1) is 10.6. The molecular weight excluding hydrogens is 270 g/mol. The van der Waals surface area contributed by atoms with Crippen LogP contribution >= 0.6 is 0 Å². The zero-order valence-corrected chi connectivity index (χ0v) is 13.1. The van der Waals surface area contributed by atoms with Crippen LogP contribution in [0.1, 0.15) is 34.7 Å². The van der Waals surface area contributed by atoms with Crippen LogP contribution in [0.15, 0.2) is 54.6 Å². The van der Waals surface area contributed by atoms with Crippen molar-refractivity contribution in [2.45, 2.75) is 25.8 Å². The van der Waals surface area contributed by atoms with Crippen LogP contribution in [0.5, 0.6) is 0 Å². The zero-order valence-electron chi connectivity index (χ0n) is 13.1. The maximum Gasteiger partial charge on any atom is 0.246 e. The molecule has 0 radical (unpaired) electrons. The van der Waals surface area contributed by atoms with Gasteiger partial charge in [-0.3, -0.25) is 4.79 Å². The molecule has 1 unspecified atom stereocenters. The van der Waals surface area contributed by atoms with Gasteiger partial charge in [-0.1, -0.05) is 54.1 Å². The van der Waals surface area contributed by atoms with Gasteiger partial charge in [0.15, 0.2) is 0 Å². The summed E-state index contributed by atoms with van der Waals surface area (Å²) in [6, 6.07) is 16.8. The van der Waals surface area contributed by atoms with Gasteiger partial charge in [-0.15, -0.1) is 0 Å². The normalized spacial score (nSPS) is 16.7. The Bertz CT molecular complexity index is 700. The van der Waals surface area contributed by atoms with E-state index in [9.17, 15) is 4.79 Å². The van der Waals surface area contributed by atoms with Crippen LogP contribution in [0.25, 0.3) is 6.08 Å². The molecule has 112 valence electrons. The van der Waals surface area contributed by atoms with Crippen LogP contribution in [0.4, 0.5) is 0 Å². The van der Waals surface area contributed by atoms with Gasteiger partial charge in [0, 0.05) is 13.1 Å². The molecule has 0 aliphatic heterocycles. The lowest BCUT2D eigenvalue weighted by Gasteiger charge is -2.24. The molecule has 2 nitrogen and oxygen atoms in total. The van der Waals surface area contributed by atoms with Gasteiger partial charge >= 0.3 is 0 Å². The minimum absolute atomic E-state index is 0.0577. The van der Waals surface area contributed by atoms with Crippen molar-refractivity contribution in [1.82, 2.24) is 4.90 Å². The van der Waals surface area contributed by atoms with E-state index in [1.807, 2.05) is 30.2 Å². The number of benzene rings is 2. The highest BCUT2D eigenvalue weighted by molar-refractivity contribution is 5.92. The Morgan fingerprint density at radius 1 is 1.14 bits per heavy atom. The molecule has 0 heterocycles. The summed E-state index contributed by atoms with van der Waals surface area (Å²) in [6.45, 7) is 2.06. The van der Waals surface area contributed by atoms with Crippen molar-refractivity contribution in [3.05, 3.63) is 76.9 Å². The van der Waals surface area contributed by atoms with Crippen LogP contribution < -0.4 is 0 Å². The molecule has 1 aliphatic rings. The number of carbonyl (C=O) groups excluding carboxylic acids is 1. The molecule has 1 atom stereocenters. The number of carbonyl (C=O) groups is 1. The minimum Gasteiger partial charge on any atom is -0.335 e. The van der Waals surface area contributed by atoms with E-state index in [-0.39, 0.29) is 11.9 Å². The molecule has 0 aromatic heterocycles. The average Bonchev–Trinajstić information content (AvgIpc) is 2.97. The number of nitrogens with zero attached hydrogens (tertiary/aromatic N) is 1. The second-order valence-electron chi connectivity index (χ2n) is 5.95. The fraction of sp³-hybridized carbons (Fsp3) is 0.250. The van der Waals surface area contributed by atoms with E-state index in [0.717, 1.165) is 18.4 Å². The number of rotatable bonds is 3. The highest BCUT2D eigenvalue weighted by Gasteiger charge is 2.27. The topological polar surface area (TPSA) is 20.3 Å². The van der Waals surface area contributed by atoms with Crippen molar-refractivity contribution < 1.29 is 4.79 Å². The number of aryl methyl sites for hydroxylation is 2. The van der Waals surface area contributed by atoms with E-state index >= 15 is 0 Å². The fourth-order valence-electron chi connectivity index (χ4n) is 3.05. The zero-order chi connectivity index (χ0) is 15.5. The van der Waals surface area contributed by atoms with Crippen LogP contribution in [-0.4, -0.2) is 17.9 Å². The lowest BCUT2D eigenvalue weighted by molar-refractivity contribution is -0.126. The minimum atomic E-state index is 0.0577. The summed E-state index contributed by atoms with van der Waals surface area (Å²) in [4.78, 5) is 14.3. The third-order valence-corrected chi connectivity index (χ3v) is 4.41. The first kappa shape index (κ1) is 14.6. The van der Waals surface area contributed by atoms with Gasteiger partial charge < -0.3 is 4.90 Å². The molecule has 0 fully saturated rings. The molecular formula is C20H21NO. The van der Waals surface area contributed by atoms with Crippen LogP contribution in [-0.2, 0) is 11.2 Å². The summed E-state index contributed by atoms with van der Waals surface area (Å²) >= 11 is 0. The summed E-state index contributed by atoms with van der Waals surface area (Å²) in [5.41, 5.74) is 4.94. The van der Waals surface area contributed by atoms with E-state index in [0.29, 0.717) is 0 Å². The van der Waals surface area contributed by atoms with Gasteiger partial charge in [0.1, 0.15) is 0 Å². The van der Waals surface area contributed by atoms with Gasteiger partial charge in [0.05, 0.1) is 6.04 Å². The van der Waals surface area contributed by atoms with Gasteiger partial charge in [0.25, 0.3) is 0 Å². The molecule has 0 saturated heterocycles. The lowest BCUT2D eigenvalue weighted by Crippen LogP contribution is -2.28. The molecule has 3 rings (SSSR count). The largest absolute Gasteiger partial charge is 0.335 e. The molecule has 1 aliphatic carbocycles. The Balaban J connectivity index is 1.71. The Morgan fingerprint density at radius 3 is 2.64 bits per heavy atom. The van der Waals surface area contributed by atoms with Gasteiger partial charge in [0.2, 0.25) is 5.91 Å². The lowest BCUT2D eigenvalue weighted by atomic mass is 10.1. The quantitative estimate of drug-likeness (QED) is 0.778. The van der Waals surface area contributed by atoms with Crippen molar-refractivity contribution in [3.8, 4) is 0 Å². The van der Waals surface area contributed by atoms with Crippen molar-refractivity contribution in [2.24, 2.45) is 0 Å². The third-order valence-electron chi connectivity index (χ3n) is 4.41. The molecule has 0 spiro atoms. The van der Waals surface area contributed by atoms with Crippen molar-refractivity contribution in [2.75, 3.05) is 7.05 Å². The summed E-state index contributed by atoms with van der Waals surface area (Å²) < 4.78 is 0. The Morgan fingerprint density at radius 2 is 1.86 bits per heavy atom. The Labute approximate surface area is 132 Å². The maximum atomic E-state index is 12.4. The third kappa shape index (κ3) is 2.96. The summed E-state index contributed by atoms with van der Waals surface area (Å²) in [7, 11) is 1.90. The van der Waals surface area contributed by atoms with E-state index < -0.39 is 0 Å². The van der Waals surface area contributed by atoms with Crippen LogP contribution in [0, 0.1) is 6.92 Å². The second kappa shape index (κ2) is 6.18. The van der Waals surface area contributed by atoms with Gasteiger partial charge in [-0.25, -0.2) is 0 Å². The summed E-state index contributed by atoms with van der Waals surface area (Å²) in [5, 5.41) is 0. The van der Waals surface area contributed by atoms with Crippen molar-refractivity contribution in [1.29, 1.82) is 0 Å². The number of hydrogen-bond acceptors (Lipinski definition) is 1. The maximum absolute atomic E-state index is 12.4. The molecule has 0 bridgehead atoms. The van der Waals surface area contributed by atoms with E-state index in [1.165, 1.54) is 16.7 Å². The number of amides is 1. The Kier molecular flexibility index (Phi) is 4.10. The number of fused-ring (bicyclic) bond motifs is 1. The van der Waals surface area contributed by atoms with Crippen molar-refractivity contribution >= 4 is 12.0 Å². The summed E-state index contributed by atoms with van der Waals surface area (Å²) in [6.07, 6.45) is 5.63. The highest BCUT2D eigenvalue weighted by atomic mass is 16.2. The summed E-state index contributed by atoms with van der Waals surface area (Å²) in [5.74, 6) is 0.0577. The highest BCUT2D eigenvalue weighted by Crippen LogP contribution is 2.34.